The number of amides is 1. The summed E-state index contributed by atoms with van der Waals surface area (Å²) in [4.78, 5) is 24.2. The first-order valence-corrected chi connectivity index (χ1v) is 46.6. The lowest BCUT2D eigenvalue weighted by molar-refractivity contribution is -0.156. The lowest BCUT2D eigenvalue weighted by Gasteiger charge is -2.33. The molecule has 40 heteroatoms. The smallest absolute Gasteiger partial charge is 0.308 e. The molecule has 0 aromatic carbocycles. The topological polar surface area (TPSA) is 388 Å². The molecule has 129 heavy (non-hydrogen) atoms. The summed E-state index contributed by atoms with van der Waals surface area (Å²) in [5.41, 5.74) is -0.776. The molecule has 0 atom stereocenters. The second-order valence-corrected chi connectivity index (χ2v) is 30.2. The summed E-state index contributed by atoms with van der Waals surface area (Å²) >= 11 is 0. The Bertz CT molecular complexity index is 2120. The summed E-state index contributed by atoms with van der Waals surface area (Å²) in [5, 5.41) is 2.99. The summed E-state index contributed by atoms with van der Waals surface area (Å²) in [6.07, 6.45) is 2.09. The van der Waals surface area contributed by atoms with Crippen molar-refractivity contribution in [3.63, 3.8) is 0 Å². The van der Waals surface area contributed by atoms with E-state index in [1.165, 1.54) is 0 Å². The predicted octanol–water partition coefficient (Wildman–Crippen LogP) is 4.28. The SMILES string of the molecule is CCC(C)(C)CC(C)(C)C(=O)NCCOCCOCCOCCOCCOCCOCCOCCOCCOCCOCCOCCOCCOCCOCCOCCOCCOCCOCCOCCOCCOCCOCCOCCOCCOCCOCCOCCOCCOCCOCCOCCOCCOCCOCCOCCOCCC(=O)OC(C)(C)C. The summed E-state index contributed by atoms with van der Waals surface area (Å²) < 4.78 is 204. The molecular weight excluding hydrogens is 1710 g/mol. The van der Waals surface area contributed by atoms with Gasteiger partial charge in [0.1, 0.15) is 5.60 Å². The van der Waals surface area contributed by atoms with Crippen LogP contribution in [0.1, 0.15) is 74.7 Å². The third kappa shape index (κ3) is 111. The zero-order valence-electron chi connectivity index (χ0n) is 80.7. The van der Waals surface area contributed by atoms with E-state index in [0.717, 1.165) is 12.8 Å². The number of hydrogen-bond acceptors (Lipinski definition) is 39. The quantitative estimate of drug-likeness (QED) is 0.0655. The number of carbonyl (C=O) groups excluding carboxylic acids is 2. The van der Waals surface area contributed by atoms with Crippen molar-refractivity contribution in [1.82, 2.24) is 5.32 Å². The fraction of sp³-hybridized carbons (Fsp3) is 0.978. The largest absolute Gasteiger partial charge is 0.460 e. The number of rotatable bonds is 115. The molecule has 0 saturated heterocycles. The van der Waals surface area contributed by atoms with Crippen LogP contribution in [0.5, 0.6) is 0 Å². The zero-order valence-corrected chi connectivity index (χ0v) is 80.7. The van der Waals surface area contributed by atoms with Crippen molar-refractivity contribution in [2.75, 3.05) is 482 Å². The van der Waals surface area contributed by atoms with Crippen molar-refractivity contribution in [2.45, 2.75) is 80.3 Å². The molecule has 0 saturated carbocycles. The van der Waals surface area contributed by atoms with Crippen LogP contribution >= 0.6 is 0 Å². The Labute approximate surface area is 772 Å². The summed E-state index contributed by atoms with van der Waals surface area (Å²) in [5.74, 6) is -0.214. The molecule has 0 aliphatic rings. The molecule has 40 nitrogen and oxygen atoms in total. The first-order valence-electron chi connectivity index (χ1n) is 46.6. The van der Waals surface area contributed by atoms with E-state index in [9.17, 15) is 9.59 Å². The minimum absolute atomic E-state index is 0.0593. The van der Waals surface area contributed by atoms with Gasteiger partial charge >= 0.3 is 5.97 Å². The zero-order chi connectivity index (χ0) is 93.3. The number of nitrogens with one attached hydrogen (secondary N) is 1. The molecule has 772 valence electrons. The molecule has 1 N–H and O–H groups in total. The summed E-state index contributed by atoms with van der Waals surface area (Å²) in [7, 11) is 0. The maximum Gasteiger partial charge on any atom is 0.308 e. The lowest BCUT2D eigenvalue weighted by Crippen LogP contribution is -2.41. The van der Waals surface area contributed by atoms with Crippen LogP contribution in [0.2, 0.25) is 0 Å². The van der Waals surface area contributed by atoms with Gasteiger partial charge in [0, 0.05) is 12.0 Å². The van der Waals surface area contributed by atoms with Crippen molar-refractivity contribution in [2.24, 2.45) is 10.8 Å². The van der Waals surface area contributed by atoms with Crippen molar-refractivity contribution in [1.29, 1.82) is 0 Å². The number of hydrogen-bond donors (Lipinski definition) is 1. The highest BCUT2D eigenvalue weighted by Gasteiger charge is 2.33. The highest BCUT2D eigenvalue weighted by atomic mass is 16.6. The Balaban J connectivity index is 3.13. The second kappa shape index (κ2) is 106. The minimum atomic E-state index is -0.488. The number of carbonyl (C=O) groups is 2. The van der Waals surface area contributed by atoms with Gasteiger partial charge < -0.3 is 181 Å². The molecular formula is C89H177NO39. The minimum Gasteiger partial charge on any atom is -0.460 e. The van der Waals surface area contributed by atoms with Gasteiger partial charge in [-0.25, -0.2) is 0 Å². The highest BCUT2D eigenvalue weighted by molar-refractivity contribution is 5.81. The summed E-state index contributed by atoms with van der Waals surface area (Å²) in [6.45, 7) is 50.4. The molecule has 0 spiro atoms. The molecule has 0 bridgehead atoms. The van der Waals surface area contributed by atoms with Gasteiger partial charge in [-0.2, -0.15) is 0 Å². The van der Waals surface area contributed by atoms with E-state index in [0.29, 0.717) is 482 Å². The van der Waals surface area contributed by atoms with E-state index >= 15 is 0 Å². The number of esters is 1. The van der Waals surface area contributed by atoms with Crippen molar-refractivity contribution in [3.8, 4) is 0 Å². The van der Waals surface area contributed by atoms with Crippen LogP contribution in [0.3, 0.4) is 0 Å². The molecule has 0 aromatic heterocycles. The van der Waals surface area contributed by atoms with Crippen molar-refractivity contribution < 1.29 is 185 Å². The van der Waals surface area contributed by atoms with E-state index in [2.05, 4.69) is 26.1 Å². The third-order valence-corrected chi connectivity index (χ3v) is 16.9. The van der Waals surface area contributed by atoms with E-state index in [1.807, 2.05) is 34.6 Å². The molecule has 0 aliphatic carbocycles. The fourth-order valence-electron chi connectivity index (χ4n) is 10.2. The number of ether oxygens (including phenoxy) is 37. The van der Waals surface area contributed by atoms with Gasteiger partial charge in [-0.1, -0.05) is 41.0 Å². The van der Waals surface area contributed by atoms with Gasteiger partial charge in [0.25, 0.3) is 0 Å². The van der Waals surface area contributed by atoms with E-state index in [1.54, 1.807) is 0 Å². The van der Waals surface area contributed by atoms with Crippen LogP contribution in [0, 0.1) is 10.8 Å². The molecule has 0 aromatic rings. The van der Waals surface area contributed by atoms with Crippen LogP contribution < -0.4 is 5.32 Å². The summed E-state index contributed by atoms with van der Waals surface area (Å²) in [6, 6.07) is 0. The fourth-order valence-corrected chi connectivity index (χ4v) is 10.2. The molecule has 0 radical (unpaired) electrons. The monoisotopic (exact) mass is 1880 g/mol. The van der Waals surface area contributed by atoms with Crippen molar-refractivity contribution >= 4 is 11.9 Å². The molecule has 0 unspecified atom stereocenters. The molecule has 1 amide bonds. The molecule has 0 fully saturated rings. The third-order valence-electron chi connectivity index (χ3n) is 16.9. The van der Waals surface area contributed by atoms with E-state index in [4.69, 9.17) is 175 Å². The molecule has 0 rings (SSSR count). The predicted molar refractivity (Wildman–Crippen MR) is 475 cm³/mol. The van der Waals surface area contributed by atoms with Gasteiger partial charge in [-0.15, -0.1) is 0 Å². The Morgan fingerprint density at radius 1 is 0.178 bits per heavy atom. The standard InChI is InChI=1S/C89H177NO39/c1-9-88(5,6)84-89(7,8)86(92)90-11-13-94-15-17-96-19-21-98-23-25-100-27-29-102-31-33-104-35-37-106-39-41-108-43-45-110-47-49-112-51-53-114-55-57-116-59-61-118-63-65-120-67-69-122-71-73-124-75-77-126-79-81-128-83-82-127-80-78-125-76-74-123-72-70-121-68-66-119-64-62-117-60-58-115-56-54-113-52-50-111-48-46-109-44-42-107-40-38-105-36-34-103-32-30-101-28-26-99-24-22-97-20-18-95-16-14-93-12-10-85(91)129-87(2,3)4/h9-84H2,1-8H3,(H,90,92). The highest BCUT2D eigenvalue weighted by Crippen LogP contribution is 2.36. The average molecular weight is 1890 g/mol. The van der Waals surface area contributed by atoms with Crippen LogP contribution in [0.4, 0.5) is 0 Å². The second-order valence-electron chi connectivity index (χ2n) is 30.2. The van der Waals surface area contributed by atoms with Crippen LogP contribution in [0.15, 0.2) is 0 Å². The Morgan fingerprint density at radius 3 is 0.411 bits per heavy atom. The van der Waals surface area contributed by atoms with Gasteiger partial charge in [-0.3, -0.25) is 9.59 Å². The normalized spacial score (nSPS) is 12.2. The molecule has 0 aliphatic heterocycles. The lowest BCUT2D eigenvalue weighted by atomic mass is 9.73. The average Bonchev–Trinajstić information content (AvgIpc) is 0.846. The first kappa shape index (κ1) is 126. The Morgan fingerprint density at radius 2 is 0.295 bits per heavy atom. The first-order chi connectivity index (χ1) is 63.3. The maximum absolute atomic E-state index is 12.6. The van der Waals surface area contributed by atoms with Crippen LogP contribution in [-0.4, -0.2) is 500 Å². The van der Waals surface area contributed by atoms with Gasteiger partial charge in [0.05, 0.1) is 482 Å². The molecule has 0 heterocycles. The maximum atomic E-state index is 12.6. The van der Waals surface area contributed by atoms with Gasteiger partial charge in [0.2, 0.25) is 5.91 Å². The van der Waals surface area contributed by atoms with Gasteiger partial charge in [0.15, 0.2) is 0 Å². The van der Waals surface area contributed by atoms with Crippen LogP contribution in [-0.2, 0) is 185 Å². The van der Waals surface area contributed by atoms with Crippen LogP contribution in [0.25, 0.3) is 0 Å². The van der Waals surface area contributed by atoms with Crippen molar-refractivity contribution in [3.05, 3.63) is 0 Å². The Hall–Kier alpha value is -2.50. The van der Waals surface area contributed by atoms with E-state index in [-0.39, 0.29) is 23.7 Å². The Kier molecular flexibility index (Phi) is 104. The van der Waals surface area contributed by atoms with E-state index < -0.39 is 11.0 Å². The van der Waals surface area contributed by atoms with Gasteiger partial charge in [-0.05, 0) is 32.6 Å².